The molecule has 156 valence electrons. The first-order valence-corrected chi connectivity index (χ1v) is 10.4. The van der Waals surface area contributed by atoms with Crippen molar-refractivity contribution in [2.24, 2.45) is 5.92 Å². The van der Waals surface area contributed by atoms with Crippen molar-refractivity contribution in [2.75, 3.05) is 38.2 Å². The molecule has 1 fully saturated rings. The summed E-state index contributed by atoms with van der Waals surface area (Å²) in [5.74, 6) is 1.29. The number of methoxy groups -OCH3 is 1. The van der Waals surface area contributed by atoms with Gasteiger partial charge in [-0.3, -0.25) is 9.48 Å². The third-order valence-electron chi connectivity index (χ3n) is 5.05. The largest absolute Gasteiger partial charge is 0.497 e. The molecule has 2 aromatic rings. The van der Waals surface area contributed by atoms with Gasteiger partial charge in [0, 0.05) is 56.1 Å². The van der Waals surface area contributed by atoms with Crippen molar-refractivity contribution in [2.45, 2.75) is 27.3 Å². The maximum atomic E-state index is 12.7. The number of nitrogens with zero attached hydrogens (tertiary/aromatic N) is 4. The van der Waals surface area contributed by atoms with E-state index in [2.05, 4.69) is 29.9 Å². The summed E-state index contributed by atoms with van der Waals surface area (Å²) in [4.78, 5) is 16.8. The molecular weight excluding hydrogens is 388 g/mol. The van der Waals surface area contributed by atoms with Crippen molar-refractivity contribution in [3.05, 3.63) is 46.8 Å². The molecular formula is C22H29ClN4O2. The number of carbonyl (C=O) groups excluding carboxylic acids is 1. The Morgan fingerprint density at radius 1 is 1.28 bits per heavy atom. The summed E-state index contributed by atoms with van der Waals surface area (Å²) < 4.78 is 7.11. The topological polar surface area (TPSA) is 50.6 Å². The number of aromatic nitrogens is 2. The summed E-state index contributed by atoms with van der Waals surface area (Å²) in [5.41, 5.74) is 2.77. The fourth-order valence-electron chi connectivity index (χ4n) is 3.48. The summed E-state index contributed by atoms with van der Waals surface area (Å²) in [7, 11) is 1.67. The van der Waals surface area contributed by atoms with Gasteiger partial charge in [0.15, 0.2) is 0 Å². The zero-order valence-electron chi connectivity index (χ0n) is 17.6. The molecule has 1 aromatic carbocycles. The Morgan fingerprint density at radius 2 is 2.00 bits per heavy atom. The monoisotopic (exact) mass is 416 g/mol. The van der Waals surface area contributed by atoms with Crippen LogP contribution in [-0.2, 0) is 11.3 Å². The SMILES string of the molecule is COc1cccc(N2CCN(C(=O)/C=C/c3c(C)nn(CC(C)C)c3Cl)CC2)c1. The van der Waals surface area contributed by atoms with E-state index in [-0.39, 0.29) is 5.91 Å². The molecule has 0 N–H and O–H groups in total. The number of hydrogen-bond donors (Lipinski definition) is 0. The average Bonchev–Trinajstić information content (AvgIpc) is 2.98. The molecule has 0 aliphatic carbocycles. The minimum absolute atomic E-state index is 0.00219. The number of piperazine rings is 1. The van der Waals surface area contributed by atoms with Crippen LogP contribution in [-0.4, -0.2) is 53.9 Å². The Hall–Kier alpha value is -2.47. The quantitative estimate of drug-likeness (QED) is 0.671. The third kappa shape index (κ3) is 5.12. The van der Waals surface area contributed by atoms with Gasteiger partial charge in [0.25, 0.3) is 0 Å². The minimum atomic E-state index is 0.00219. The van der Waals surface area contributed by atoms with Crippen molar-refractivity contribution in [1.29, 1.82) is 0 Å². The summed E-state index contributed by atoms with van der Waals surface area (Å²) >= 11 is 6.46. The van der Waals surface area contributed by atoms with Crippen molar-refractivity contribution < 1.29 is 9.53 Å². The Balaban J connectivity index is 1.60. The van der Waals surface area contributed by atoms with Crippen molar-refractivity contribution in [1.82, 2.24) is 14.7 Å². The fourth-order valence-corrected chi connectivity index (χ4v) is 3.78. The van der Waals surface area contributed by atoms with Crippen LogP contribution < -0.4 is 9.64 Å². The van der Waals surface area contributed by atoms with Crippen LogP contribution in [0.3, 0.4) is 0 Å². The van der Waals surface area contributed by atoms with Gasteiger partial charge in [-0.25, -0.2) is 0 Å². The predicted molar refractivity (Wildman–Crippen MR) is 118 cm³/mol. The summed E-state index contributed by atoms with van der Waals surface area (Å²) in [6.45, 7) is 9.86. The fraction of sp³-hybridized carbons (Fsp3) is 0.455. The first-order valence-electron chi connectivity index (χ1n) is 9.98. The van der Waals surface area contributed by atoms with Crippen LogP contribution in [0.5, 0.6) is 5.75 Å². The number of hydrogen-bond acceptors (Lipinski definition) is 4. The number of benzene rings is 1. The van der Waals surface area contributed by atoms with E-state index in [9.17, 15) is 4.79 Å². The van der Waals surface area contributed by atoms with Gasteiger partial charge in [-0.15, -0.1) is 0 Å². The maximum absolute atomic E-state index is 12.7. The van der Waals surface area contributed by atoms with Crippen molar-refractivity contribution in [3.63, 3.8) is 0 Å². The molecule has 0 atom stereocenters. The highest BCUT2D eigenvalue weighted by Gasteiger charge is 2.20. The van der Waals surface area contributed by atoms with Crippen LogP contribution in [0.4, 0.5) is 5.69 Å². The van der Waals surface area contributed by atoms with Gasteiger partial charge >= 0.3 is 0 Å². The van der Waals surface area contributed by atoms with Gasteiger partial charge in [0.1, 0.15) is 10.9 Å². The second-order valence-corrected chi connectivity index (χ2v) is 8.07. The van der Waals surface area contributed by atoms with Crippen LogP contribution in [0, 0.1) is 12.8 Å². The number of aryl methyl sites for hydroxylation is 1. The van der Waals surface area contributed by atoms with E-state index in [1.807, 2.05) is 30.0 Å². The van der Waals surface area contributed by atoms with Gasteiger partial charge in [0.2, 0.25) is 5.91 Å². The van der Waals surface area contributed by atoms with Gasteiger partial charge in [-0.1, -0.05) is 31.5 Å². The number of rotatable bonds is 6. The average molecular weight is 417 g/mol. The lowest BCUT2D eigenvalue weighted by atomic mass is 10.2. The van der Waals surface area contributed by atoms with E-state index in [0.717, 1.165) is 42.3 Å². The second-order valence-electron chi connectivity index (χ2n) is 7.71. The predicted octanol–water partition coefficient (Wildman–Crippen LogP) is 3.87. The molecule has 29 heavy (non-hydrogen) atoms. The molecule has 0 bridgehead atoms. The molecule has 2 heterocycles. The van der Waals surface area contributed by atoms with Crippen LogP contribution in [0.15, 0.2) is 30.3 Å². The molecule has 0 spiro atoms. The summed E-state index contributed by atoms with van der Waals surface area (Å²) in [5, 5.41) is 5.08. The van der Waals surface area contributed by atoms with Crippen LogP contribution >= 0.6 is 11.6 Å². The van der Waals surface area contributed by atoms with Crippen LogP contribution in [0.1, 0.15) is 25.1 Å². The second kappa shape index (κ2) is 9.35. The molecule has 6 nitrogen and oxygen atoms in total. The Morgan fingerprint density at radius 3 is 2.66 bits per heavy atom. The third-order valence-corrected chi connectivity index (χ3v) is 5.45. The molecule has 0 radical (unpaired) electrons. The van der Waals surface area contributed by atoms with E-state index in [1.54, 1.807) is 23.9 Å². The molecule has 3 rings (SSSR count). The summed E-state index contributed by atoms with van der Waals surface area (Å²) in [6, 6.07) is 8.01. The molecule has 0 unspecified atom stereocenters. The zero-order chi connectivity index (χ0) is 21.0. The Bertz CT molecular complexity index is 883. The van der Waals surface area contributed by atoms with E-state index >= 15 is 0 Å². The first-order chi connectivity index (χ1) is 13.9. The molecule has 0 saturated carbocycles. The van der Waals surface area contributed by atoms with E-state index < -0.39 is 0 Å². The van der Waals surface area contributed by atoms with E-state index in [4.69, 9.17) is 16.3 Å². The standard InChI is InChI=1S/C22H29ClN4O2/c1-16(2)15-27-22(23)20(17(3)24-27)8-9-21(28)26-12-10-25(11-13-26)18-6-5-7-19(14-18)29-4/h5-9,14,16H,10-13,15H2,1-4H3/b9-8+. The highest BCUT2D eigenvalue weighted by molar-refractivity contribution is 6.31. The number of carbonyl (C=O) groups is 1. The van der Waals surface area contributed by atoms with Crippen LogP contribution in [0.25, 0.3) is 6.08 Å². The summed E-state index contributed by atoms with van der Waals surface area (Å²) in [6.07, 6.45) is 3.40. The molecule has 1 aromatic heterocycles. The number of halogens is 1. The van der Waals surface area contributed by atoms with Gasteiger partial charge in [-0.2, -0.15) is 5.10 Å². The number of amides is 1. The maximum Gasteiger partial charge on any atom is 0.246 e. The zero-order valence-corrected chi connectivity index (χ0v) is 18.3. The lowest BCUT2D eigenvalue weighted by Crippen LogP contribution is -2.48. The first kappa shape index (κ1) is 21.2. The lowest BCUT2D eigenvalue weighted by Gasteiger charge is -2.35. The molecule has 7 heteroatoms. The Kier molecular flexibility index (Phi) is 6.85. The van der Waals surface area contributed by atoms with Gasteiger partial charge < -0.3 is 14.5 Å². The van der Waals surface area contributed by atoms with Crippen molar-refractivity contribution >= 4 is 29.3 Å². The molecule has 1 saturated heterocycles. The smallest absolute Gasteiger partial charge is 0.246 e. The lowest BCUT2D eigenvalue weighted by molar-refractivity contribution is -0.126. The minimum Gasteiger partial charge on any atom is -0.497 e. The van der Waals surface area contributed by atoms with Gasteiger partial charge in [0.05, 0.1) is 12.8 Å². The highest BCUT2D eigenvalue weighted by Crippen LogP contribution is 2.24. The molecule has 1 aliphatic heterocycles. The normalized spacial score (nSPS) is 14.8. The van der Waals surface area contributed by atoms with E-state index in [0.29, 0.717) is 24.2 Å². The number of ether oxygens (including phenoxy) is 1. The highest BCUT2D eigenvalue weighted by atomic mass is 35.5. The molecule has 1 aliphatic rings. The Labute approximate surface area is 177 Å². The number of anilines is 1. The van der Waals surface area contributed by atoms with Crippen molar-refractivity contribution in [3.8, 4) is 5.75 Å². The molecule has 1 amide bonds. The van der Waals surface area contributed by atoms with E-state index in [1.165, 1.54) is 0 Å². The van der Waals surface area contributed by atoms with Crippen LogP contribution in [0.2, 0.25) is 5.15 Å². The van der Waals surface area contributed by atoms with Gasteiger partial charge in [-0.05, 0) is 31.1 Å².